The molecular weight excluding hydrogens is 310 g/mol. The summed E-state index contributed by atoms with van der Waals surface area (Å²) in [6.07, 6.45) is 6.11. The van der Waals surface area contributed by atoms with Crippen molar-refractivity contribution in [2.75, 3.05) is 26.2 Å². The van der Waals surface area contributed by atoms with E-state index in [4.69, 9.17) is 0 Å². The van der Waals surface area contributed by atoms with Crippen molar-refractivity contribution in [1.29, 1.82) is 0 Å². The number of rotatable bonds is 6. The van der Waals surface area contributed by atoms with Crippen molar-refractivity contribution in [2.24, 2.45) is 13.0 Å². The lowest BCUT2D eigenvalue weighted by Gasteiger charge is -2.30. The number of hydrogen-bond acceptors (Lipinski definition) is 2. The first-order chi connectivity index (χ1) is 12.1. The van der Waals surface area contributed by atoms with Crippen LogP contribution < -0.4 is 5.32 Å². The van der Waals surface area contributed by atoms with Crippen molar-refractivity contribution in [1.82, 2.24) is 14.8 Å². The summed E-state index contributed by atoms with van der Waals surface area (Å²) in [6.45, 7) is 8.02. The van der Waals surface area contributed by atoms with E-state index in [9.17, 15) is 4.79 Å². The number of nitrogens with zero attached hydrogens (tertiary/aromatic N) is 2. The molecule has 2 heterocycles. The molecule has 2 aromatic rings. The maximum atomic E-state index is 12.4. The Morgan fingerprint density at radius 2 is 2.08 bits per heavy atom. The van der Waals surface area contributed by atoms with Crippen LogP contribution in [-0.2, 0) is 18.3 Å². The molecule has 25 heavy (non-hydrogen) atoms. The number of carbonyl (C=O) groups is 1. The van der Waals surface area contributed by atoms with E-state index in [1.165, 1.54) is 34.9 Å². The van der Waals surface area contributed by atoms with Gasteiger partial charge in [0.1, 0.15) is 0 Å². The van der Waals surface area contributed by atoms with Gasteiger partial charge in [-0.1, -0.05) is 18.6 Å². The van der Waals surface area contributed by atoms with Crippen LogP contribution in [0.15, 0.2) is 24.4 Å². The van der Waals surface area contributed by atoms with Crippen LogP contribution in [0.3, 0.4) is 0 Å². The van der Waals surface area contributed by atoms with Crippen LogP contribution in [0, 0.1) is 12.8 Å². The first-order valence-corrected chi connectivity index (χ1v) is 9.61. The van der Waals surface area contributed by atoms with Gasteiger partial charge < -0.3 is 14.8 Å². The summed E-state index contributed by atoms with van der Waals surface area (Å²) in [7, 11) is 2.10. The predicted molar refractivity (Wildman–Crippen MR) is 104 cm³/mol. The smallest absolute Gasteiger partial charge is 0.222 e. The molecule has 0 saturated carbocycles. The number of aromatic nitrogens is 1. The van der Waals surface area contributed by atoms with Crippen LogP contribution in [0.4, 0.5) is 0 Å². The van der Waals surface area contributed by atoms with E-state index in [2.05, 4.69) is 53.2 Å². The zero-order valence-corrected chi connectivity index (χ0v) is 15.8. The Balaban J connectivity index is 1.72. The minimum atomic E-state index is 0.287. The van der Waals surface area contributed by atoms with Gasteiger partial charge in [-0.3, -0.25) is 4.79 Å². The highest BCUT2D eigenvalue weighted by molar-refractivity contribution is 5.84. The number of hydrogen-bond donors (Lipinski definition) is 1. The van der Waals surface area contributed by atoms with E-state index in [0.29, 0.717) is 12.3 Å². The predicted octanol–water partition coefficient (Wildman–Crippen LogP) is 3.27. The van der Waals surface area contributed by atoms with Crippen LogP contribution in [0.2, 0.25) is 0 Å². The van der Waals surface area contributed by atoms with Gasteiger partial charge in [0.15, 0.2) is 0 Å². The molecule has 1 fully saturated rings. The molecule has 1 aliphatic rings. The zero-order chi connectivity index (χ0) is 17.8. The van der Waals surface area contributed by atoms with Gasteiger partial charge in [-0.15, -0.1) is 0 Å². The normalized spacial score (nSPS) is 15.6. The van der Waals surface area contributed by atoms with Crippen LogP contribution in [0.25, 0.3) is 10.9 Å². The minimum Gasteiger partial charge on any atom is -0.350 e. The molecule has 4 nitrogen and oxygen atoms in total. The number of nitrogens with one attached hydrogen (secondary N) is 1. The van der Waals surface area contributed by atoms with Gasteiger partial charge in [-0.25, -0.2) is 0 Å². The summed E-state index contributed by atoms with van der Waals surface area (Å²) in [5.41, 5.74) is 3.91. The van der Waals surface area contributed by atoms with Crippen molar-refractivity contribution in [2.45, 2.75) is 39.5 Å². The minimum absolute atomic E-state index is 0.287. The molecule has 0 aliphatic carbocycles. The van der Waals surface area contributed by atoms with E-state index in [1.807, 2.05) is 6.92 Å². The fourth-order valence-corrected chi connectivity index (χ4v) is 3.96. The van der Waals surface area contributed by atoms with Crippen molar-refractivity contribution < 1.29 is 4.79 Å². The molecule has 1 amide bonds. The highest BCUT2D eigenvalue weighted by atomic mass is 16.2. The molecule has 0 atom stereocenters. The lowest BCUT2D eigenvalue weighted by atomic mass is 9.97. The van der Waals surface area contributed by atoms with E-state index >= 15 is 0 Å². The Morgan fingerprint density at radius 3 is 2.80 bits per heavy atom. The van der Waals surface area contributed by atoms with Gasteiger partial charge in [-0.05, 0) is 62.9 Å². The maximum absolute atomic E-state index is 12.4. The lowest BCUT2D eigenvalue weighted by Crippen LogP contribution is -2.40. The van der Waals surface area contributed by atoms with E-state index in [-0.39, 0.29) is 5.91 Å². The van der Waals surface area contributed by atoms with Crippen molar-refractivity contribution in [3.05, 3.63) is 35.5 Å². The number of aryl methyl sites for hydroxylation is 2. The van der Waals surface area contributed by atoms with Gasteiger partial charge >= 0.3 is 0 Å². The molecule has 0 spiro atoms. The molecule has 1 aromatic heterocycles. The van der Waals surface area contributed by atoms with Crippen LogP contribution in [0.5, 0.6) is 0 Å². The van der Waals surface area contributed by atoms with Crippen molar-refractivity contribution in [3.63, 3.8) is 0 Å². The molecule has 1 aromatic carbocycles. The number of benzene rings is 1. The summed E-state index contributed by atoms with van der Waals surface area (Å²) in [4.78, 5) is 14.5. The molecule has 136 valence electrons. The second-order valence-corrected chi connectivity index (χ2v) is 7.42. The van der Waals surface area contributed by atoms with Crippen LogP contribution >= 0.6 is 0 Å². The average molecular weight is 341 g/mol. The third-order valence-electron chi connectivity index (χ3n) is 5.47. The van der Waals surface area contributed by atoms with E-state index in [0.717, 1.165) is 32.6 Å². The van der Waals surface area contributed by atoms with E-state index < -0.39 is 0 Å². The summed E-state index contributed by atoms with van der Waals surface area (Å²) in [5, 5.41) is 4.74. The summed E-state index contributed by atoms with van der Waals surface area (Å²) in [5.74, 6) is 0.932. The second-order valence-electron chi connectivity index (χ2n) is 7.42. The molecular formula is C21H31N3O. The number of fused-ring (bicyclic) bond motifs is 1. The summed E-state index contributed by atoms with van der Waals surface area (Å²) < 4.78 is 2.20. The molecule has 3 rings (SSSR count). The molecule has 0 unspecified atom stereocenters. The Morgan fingerprint density at radius 1 is 1.32 bits per heavy atom. The van der Waals surface area contributed by atoms with Gasteiger partial charge in [0.05, 0.1) is 0 Å². The zero-order valence-electron chi connectivity index (χ0n) is 15.8. The first-order valence-electron chi connectivity index (χ1n) is 9.61. The fourth-order valence-electron chi connectivity index (χ4n) is 3.96. The molecule has 1 saturated heterocycles. The van der Waals surface area contributed by atoms with Gasteiger partial charge in [-0.2, -0.15) is 0 Å². The third kappa shape index (κ3) is 4.24. The standard InChI is InChI=1S/C21H31N3O/c1-4-21(25)24(14-17-7-10-22-11-8-17)12-9-18-15-23(3)20-6-5-16(2)13-19(18)20/h5-6,13,15,17,22H,4,7-12,14H2,1-3H3. The van der Waals surface area contributed by atoms with Crippen molar-refractivity contribution >= 4 is 16.8 Å². The van der Waals surface area contributed by atoms with E-state index in [1.54, 1.807) is 0 Å². The average Bonchev–Trinajstić information content (AvgIpc) is 2.94. The molecule has 1 aliphatic heterocycles. The van der Waals surface area contributed by atoms with Gasteiger partial charge in [0.2, 0.25) is 5.91 Å². The molecule has 4 heteroatoms. The Kier molecular flexibility index (Phi) is 5.79. The van der Waals surface area contributed by atoms with Crippen LogP contribution in [0.1, 0.15) is 37.3 Å². The maximum Gasteiger partial charge on any atom is 0.222 e. The molecule has 0 bridgehead atoms. The number of amides is 1. The number of carbonyl (C=O) groups excluding carboxylic acids is 1. The molecule has 1 N–H and O–H groups in total. The number of piperidine rings is 1. The SMILES string of the molecule is CCC(=O)N(CCc1cn(C)c2ccc(C)cc12)CC1CCNCC1. The molecule has 0 radical (unpaired) electrons. The Hall–Kier alpha value is -1.81. The summed E-state index contributed by atoms with van der Waals surface area (Å²) in [6, 6.07) is 6.62. The third-order valence-corrected chi connectivity index (χ3v) is 5.47. The second kappa shape index (κ2) is 8.05. The lowest BCUT2D eigenvalue weighted by molar-refractivity contribution is -0.131. The largest absolute Gasteiger partial charge is 0.350 e. The fraction of sp³-hybridized carbons (Fsp3) is 0.571. The highest BCUT2D eigenvalue weighted by Gasteiger charge is 2.20. The first kappa shape index (κ1) is 18.0. The summed E-state index contributed by atoms with van der Waals surface area (Å²) >= 11 is 0. The Bertz CT molecular complexity index is 728. The van der Waals surface area contributed by atoms with Gasteiger partial charge in [0, 0.05) is 43.7 Å². The monoisotopic (exact) mass is 341 g/mol. The van der Waals surface area contributed by atoms with Gasteiger partial charge in [0.25, 0.3) is 0 Å². The topological polar surface area (TPSA) is 37.3 Å². The highest BCUT2D eigenvalue weighted by Crippen LogP contribution is 2.23. The van der Waals surface area contributed by atoms with Crippen LogP contribution in [-0.4, -0.2) is 41.6 Å². The quantitative estimate of drug-likeness (QED) is 0.875. The van der Waals surface area contributed by atoms with Crippen molar-refractivity contribution in [3.8, 4) is 0 Å². The Labute approximate surface area is 151 Å².